The number of carbonyl (C=O) groups is 2. The topological polar surface area (TPSA) is 74.8 Å². The highest BCUT2D eigenvalue weighted by atomic mass is 16.2. The first kappa shape index (κ1) is 15.2. The second kappa shape index (κ2) is 8.26. The Hall–Kier alpha value is -1.88. The highest BCUT2D eigenvalue weighted by molar-refractivity contribution is 5.78. The van der Waals surface area contributed by atoms with Crippen molar-refractivity contribution in [1.29, 1.82) is 0 Å². The van der Waals surface area contributed by atoms with Gasteiger partial charge in [0.25, 0.3) is 11.8 Å². The van der Waals surface area contributed by atoms with Gasteiger partial charge in [0.05, 0.1) is 0 Å². The van der Waals surface area contributed by atoms with Gasteiger partial charge in [0.1, 0.15) is 0 Å². The van der Waals surface area contributed by atoms with E-state index in [1.807, 2.05) is 18.2 Å². The molecule has 0 aliphatic rings. The fraction of sp³-hybridized carbons (Fsp3) is 0.429. The molecule has 19 heavy (non-hydrogen) atoms. The van der Waals surface area contributed by atoms with Crippen LogP contribution in [-0.2, 0) is 9.59 Å². The lowest BCUT2D eigenvalue weighted by Gasteiger charge is -2.12. The lowest BCUT2D eigenvalue weighted by Crippen LogP contribution is -2.88. The Morgan fingerprint density at radius 2 is 1.79 bits per heavy atom. The van der Waals surface area contributed by atoms with E-state index in [-0.39, 0.29) is 30.8 Å². The molecular weight excluding hydrogens is 242 g/mol. The van der Waals surface area contributed by atoms with E-state index in [9.17, 15) is 9.59 Å². The van der Waals surface area contributed by atoms with Crippen molar-refractivity contribution in [2.75, 3.05) is 26.7 Å². The molecule has 0 fully saturated rings. The molecule has 0 saturated heterocycles. The predicted octanol–water partition coefficient (Wildman–Crippen LogP) is -0.784. The van der Waals surface area contributed by atoms with E-state index in [2.05, 4.69) is 29.7 Å². The minimum absolute atomic E-state index is 0.0494. The third kappa shape index (κ3) is 6.01. The molecule has 0 saturated carbocycles. The number of nitrogens with one attached hydrogen (secondary N) is 2. The SMILES string of the molecule is CNC(=O)C[NH2+]CC(=O)NC[C@@H](C)c1ccccc1. The Kier molecular flexibility index (Phi) is 6.60. The van der Waals surface area contributed by atoms with Gasteiger partial charge in [0, 0.05) is 13.6 Å². The standard InChI is InChI=1S/C14H21N3O2/c1-11(12-6-4-3-5-7-12)8-17-14(19)10-16-9-13(18)15-2/h3-7,11,16H,8-10H2,1-2H3,(H,15,18)(H,17,19)/p+1/t11-/m1/s1. The van der Waals surface area contributed by atoms with Crippen molar-refractivity contribution in [3.63, 3.8) is 0 Å². The summed E-state index contributed by atoms with van der Waals surface area (Å²) in [4.78, 5) is 22.5. The number of benzene rings is 1. The van der Waals surface area contributed by atoms with Gasteiger partial charge in [-0.25, -0.2) is 0 Å². The lowest BCUT2D eigenvalue weighted by atomic mass is 10.0. The van der Waals surface area contributed by atoms with E-state index >= 15 is 0 Å². The summed E-state index contributed by atoms with van der Waals surface area (Å²) in [7, 11) is 1.58. The van der Waals surface area contributed by atoms with Crippen molar-refractivity contribution >= 4 is 11.8 Å². The Morgan fingerprint density at radius 1 is 1.16 bits per heavy atom. The number of hydrogen-bond acceptors (Lipinski definition) is 2. The summed E-state index contributed by atoms with van der Waals surface area (Å²) in [6, 6.07) is 10.1. The molecule has 1 rings (SSSR count). The van der Waals surface area contributed by atoms with Crippen LogP contribution in [0.2, 0.25) is 0 Å². The largest absolute Gasteiger partial charge is 0.354 e. The van der Waals surface area contributed by atoms with Crippen LogP contribution in [0.3, 0.4) is 0 Å². The highest BCUT2D eigenvalue weighted by Gasteiger charge is 2.09. The van der Waals surface area contributed by atoms with E-state index in [4.69, 9.17) is 0 Å². The quantitative estimate of drug-likeness (QED) is 0.604. The predicted molar refractivity (Wildman–Crippen MR) is 73.6 cm³/mol. The van der Waals surface area contributed by atoms with E-state index in [1.54, 1.807) is 12.4 Å². The molecule has 0 radical (unpaired) electrons. The van der Waals surface area contributed by atoms with Gasteiger partial charge in [-0.3, -0.25) is 9.59 Å². The van der Waals surface area contributed by atoms with Gasteiger partial charge in [-0.15, -0.1) is 0 Å². The van der Waals surface area contributed by atoms with Gasteiger partial charge in [0.2, 0.25) is 0 Å². The molecule has 5 nitrogen and oxygen atoms in total. The van der Waals surface area contributed by atoms with Crippen LogP contribution < -0.4 is 16.0 Å². The molecule has 2 amide bonds. The van der Waals surface area contributed by atoms with Crippen LogP contribution in [0.5, 0.6) is 0 Å². The summed E-state index contributed by atoms with van der Waals surface area (Å²) in [6.07, 6.45) is 0. The number of amides is 2. The van der Waals surface area contributed by atoms with Crippen LogP contribution in [0.1, 0.15) is 18.4 Å². The van der Waals surface area contributed by atoms with E-state index in [0.29, 0.717) is 6.54 Å². The number of hydrogen-bond donors (Lipinski definition) is 3. The van der Waals surface area contributed by atoms with Crippen LogP contribution in [0.25, 0.3) is 0 Å². The average molecular weight is 264 g/mol. The minimum Gasteiger partial charge on any atom is -0.354 e. The number of nitrogens with two attached hydrogens (primary N) is 1. The van der Waals surface area contributed by atoms with E-state index in [1.165, 1.54) is 5.56 Å². The zero-order valence-electron chi connectivity index (χ0n) is 11.5. The molecule has 0 aliphatic carbocycles. The van der Waals surface area contributed by atoms with Crippen LogP contribution in [0.15, 0.2) is 30.3 Å². The molecule has 0 spiro atoms. The van der Waals surface area contributed by atoms with Gasteiger partial charge in [-0.2, -0.15) is 0 Å². The first-order valence-electron chi connectivity index (χ1n) is 6.47. The van der Waals surface area contributed by atoms with Gasteiger partial charge in [-0.05, 0) is 11.5 Å². The van der Waals surface area contributed by atoms with Crippen molar-refractivity contribution in [2.45, 2.75) is 12.8 Å². The van der Waals surface area contributed by atoms with Crippen molar-refractivity contribution in [2.24, 2.45) is 0 Å². The zero-order valence-corrected chi connectivity index (χ0v) is 11.5. The van der Waals surface area contributed by atoms with Gasteiger partial charge in [0.15, 0.2) is 13.1 Å². The average Bonchev–Trinajstić information content (AvgIpc) is 2.45. The molecule has 0 bridgehead atoms. The van der Waals surface area contributed by atoms with Crippen molar-refractivity contribution in [1.82, 2.24) is 10.6 Å². The van der Waals surface area contributed by atoms with Gasteiger partial charge < -0.3 is 16.0 Å². The maximum absolute atomic E-state index is 11.6. The summed E-state index contributed by atoms with van der Waals surface area (Å²) in [5.74, 6) is 0.154. The molecule has 0 unspecified atom stereocenters. The van der Waals surface area contributed by atoms with Crippen LogP contribution >= 0.6 is 0 Å². The Morgan fingerprint density at radius 3 is 2.42 bits per heavy atom. The summed E-state index contributed by atoms with van der Waals surface area (Å²) >= 11 is 0. The third-order valence-electron chi connectivity index (χ3n) is 2.91. The summed E-state index contributed by atoms with van der Waals surface area (Å²) in [5, 5.41) is 7.06. The monoisotopic (exact) mass is 264 g/mol. The van der Waals surface area contributed by atoms with Crippen LogP contribution in [0, 0.1) is 0 Å². The summed E-state index contributed by atoms with van der Waals surface area (Å²) in [6.45, 7) is 3.23. The molecule has 1 aromatic rings. The van der Waals surface area contributed by atoms with E-state index < -0.39 is 0 Å². The molecular formula is C14H22N3O2+. The number of rotatable bonds is 7. The molecule has 1 atom stereocenters. The minimum atomic E-state index is -0.0783. The molecule has 0 aliphatic heterocycles. The molecule has 0 aromatic heterocycles. The molecule has 0 heterocycles. The molecule has 104 valence electrons. The first-order valence-corrected chi connectivity index (χ1v) is 6.47. The normalized spacial score (nSPS) is 11.7. The summed E-state index contributed by atoms with van der Waals surface area (Å²) in [5.41, 5.74) is 1.21. The van der Waals surface area contributed by atoms with Crippen molar-refractivity contribution < 1.29 is 14.9 Å². The zero-order chi connectivity index (χ0) is 14.1. The second-order valence-corrected chi connectivity index (χ2v) is 4.49. The maximum atomic E-state index is 11.6. The number of quaternary nitrogens is 1. The summed E-state index contributed by atoms with van der Waals surface area (Å²) < 4.78 is 0. The van der Waals surface area contributed by atoms with E-state index in [0.717, 1.165) is 0 Å². The Balaban J connectivity index is 2.21. The number of carbonyl (C=O) groups excluding carboxylic acids is 2. The third-order valence-corrected chi connectivity index (χ3v) is 2.91. The van der Waals surface area contributed by atoms with Gasteiger partial charge in [-0.1, -0.05) is 37.3 Å². The molecule has 1 aromatic carbocycles. The smallest absolute Gasteiger partial charge is 0.275 e. The molecule has 5 heteroatoms. The van der Waals surface area contributed by atoms with Crippen LogP contribution in [0.4, 0.5) is 0 Å². The first-order chi connectivity index (χ1) is 9.13. The fourth-order valence-electron chi connectivity index (χ4n) is 1.67. The van der Waals surface area contributed by atoms with Crippen molar-refractivity contribution in [3.8, 4) is 0 Å². The van der Waals surface area contributed by atoms with Gasteiger partial charge >= 0.3 is 0 Å². The highest BCUT2D eigenvalue weighted by Crippen LogP contribution is 2.12. The van der Waals surface area contributed by atoms with Crippen molar-refractivity contribution in [3.05, 3.63) is 35.9 Å². The Bertz CT molecular complexity index is 406. The second-order valence-electron chi connectivity index (χ2n) is 4.49. The Labute approximate surface area is 113 Å². The fourth-order valence-corrected chi connectivity index (χ4v) is 1.67. The van der Waals surface area contributed by atoms with Crippen LogP contribution in [-0.4, -0.2) is 38.5 Å². The molecule has 4 N–H and O–H groups in total. The lowest BCUT2D eigenvalue weighted by molar-refractivity contribution is -0.633. The number of likely N-dealkylation sites (N-methyl/N-ethyl adjacent to an activating group) is 1. The maximum Gasteiger partial charge on any atom is 0.275 e.